The highest BCUT2D eigenvalue weighted by atomic mass is 32.1. The first-order valence-corrected chi connectivity index (χ1v) is 9.07. The lowest BCUT2D eigenvalue weighted by Crippen LogP contribution is -2.30. The molecule has 2 aromatic carbocycles. The molecule has 25 heavy (non-hydrogen) atoms. The molecular weight excluding hydrogens is 328 g/mol. The molecule has 0 saturated heterocycles. The van der Waals surface area contributed by atoms with E-state index in [9.17, 15) is 0 Å². The van der Waals surface area contributed by atoms with Crippen molar-refractivity contribution in [1.82, 2.24) is 14.6 Å². The Balaban J connectivity index is 1.94. The zero-order valence-corrected chi connectivity index (χ0v) is 15.1. The molecule has 0 spiro atoms. The molecule has 0 bridgehead atoms. The van der Waals surface area contributed by atoms with Crippen molar-refractivity contribution in [3.63, 3.8) is 0 Å². The van der Waals surface area contributed by atoms with E-state index in [4.69, 9.17) is 0 Å². The molecule has 3 heterocycles. The minimum absolute atomic E-state index is 0.928. The van der Waals surface area contributed by atoms with Crippen LogP contribution in [0.3, 0.4) is 0 Å². The second-order valence-electron chi connectivity index (χ2n) is 6.44. The molecule has 0 atom stereocenters. The van der Waals surface area contributed by atoms with Gasteiger partial charge in [-0.25, -0.2) is 9.50 Å². The fourth-order valence-electron chi connectivity index (χ4n) is 3.63. The van der Waals surface area contributed by atoms with Gasteiger partial charge in [-0.05, 0) is 41.8 Å². The summed E-state index contributed by atoms with van der Waals surface area (Å²) in [6.07, 6.45) is 3.72. The summed E-state index contributed by atoms with van der Waals surface area (Å²) in [5.41, 5.74) is 6.26. The average Bonchev–Trinajstić information content (AvgIpc) is 3.19. The largest absolute Gasteiger partial charge is 0.232 e. The van der Waals surface area contributed by atoms with Crippen molar-refractivity contribution < 1.29 is 4.57 Å². The van der Waals surface area contributed by atoms with E-state index in [0.717, 1.165) is 10.5 Å². The maximum atomic E-state index is 4.37. The van der Waals surface area contributed by atoms with Gasteiger partial charge in [0.15, 0.2) is 6.20 Å². The van der Waals surface area contributed by atoms with Crippen molar-refractivity contribution in [3.8, 4) is 11.3 Å². The smallest absolute Gasteiger partial charge is 0.206 e. The Morgan fingerprint density at radius 3 is 2.80 bits per heavy atom. The Kier molecular flexibility index (Phi) is 2.97. The van der Waals surface area contributed by atoms with Crippen LogP contribution in [0.15, 0.2) is 48.9 Å². The summed E-state index contributed by atoms with van der Waals surface area (Å²) in [6, 6.07) is 13.0. The van der Waals surface area contributed by atoms with Gasteiger partial charge in [-0.3, -0.25) is 0 Å². The van der Waals surface area contributed by atoms with Gasteiger partial charge in [-0.15, -0.1) is 0 Å². The first-order chi connectivity index (χ1) is 12.1. The molecule has 0 radical (unpaired) electrons. The van der Waals surface area contributed by atoms with Crippen molar-refractivity contribution in [2.75, 3.05) is 0 Å². The highest BCUT2D eigenvalue weighted by Crippen LogP contribution is 2.36. The summed E-state index contributed by atoms with van der Waals surface area (Å²) >= 11 is 1.69. The van der Waals surface area contributed by atoms with Gasteiger partial charge in [0.05, 0.1) is 11.1 Å². The molecule has 4 nitrogen and oxygen atoms in total. The number of benzene rings is 2. The Hall–Kier alpha value is -2.79. The number of rotatable bonds is 1. The highest BCUT2D eigenvalue weighted by molar-refractivity contribution is 7.24. The van der Waals surface area contributed by atoms with Crippen molar-refractivity contribution >= 4 is 37.3 Å². The molecule has 5 heteroatoms. The van der Waals surface area contributed by atoms with Crippen LogP contribution in [-0.2, 0) is 7.05 Å². The summed E-state index contributed by atoms with van der Waals surface area (Å²) < 4.78 is 5.35. The topological polar surface area (TPSA) is 34.1 Å². The Labute approximate surface area is 149 Å². The number of nitrogens with zero attached hydrogens (tertiary/aromatic N) is 4. The van der Waals surface area contributed by atoms with Crippen LogP contribution in [0.4, 0.5) is 0 Å². The number of hydrogen-bond donors (Lipinski definition) is 0. The van der Waals surface area contributed by atoms with E-state index in [0.29, 0.717) is 0 Å². The van der Waals surface area contributed by atoms with Gasteiger partial charge in [-0.2, -0.15) is 9.67 Å². The zero-order chi connectivity index (χ0) is 17.1. The van der Waals surface area contributed by atoms with Crippen LogP contribution >= 0.6 is 11.3 Å². The second kappa shape index (κ2) is 5.10. The first kappa shape index (κ1) is 14.5. The predicted molar refractivity (Wildman–Crippen MR) is 102 cm³/mol. The number of aromatic nitrogens is 4. The lowest BCUT2D eigenvalue weighted by atomic mass is 9.94. The standard InChI is InChI=1S/C20H17N4S/c1-12-13(2)16(10-14-6-4-5-7-15(12)14)18-19-17(8-9-23(18)3)24-20(25-19)21-11-22-24/h4-11H,1-3H3/q+1. The lowest BCUT2D eigenvalue weighted by molar-refractivity contribution is -0.659. The number of fused-ring (bicyclic) bond motifs is 4. The SMILES string of the molecule is Cc1c(-c2c3sc4ncnn4c3cc[n+]2C)cc2ccccc2c1C. The van der Waals surface area contributed by atoms with Gasteiger partial charge >= 0.3 is 0 Å². The Bertz CT molecular complexity index is 1280. The van der Waals surface area contributed by atoms with Crippen molar-refractivity contribution in [3.05, 3.63) is 60.0 Å². The third kappa shape index (κ3) is 1.96. The van der Waals surface area contributed by atoms with Crippen LogP contribution < -0.4 is 4.57 Å². The normalized spacial score (nSPS) is 11.8. The summed E-state index contributed by atoms with van der Waals surface area (Å²) in [6.45, 7) is 4.43. The molecule has 0 aliphatic heterocycles. The van der Waals surface area contributed by atoms with Crippen molar-refractivity contribution in [2.24, 2.45) is 7.05 Å². The highest BCUT2D eigenvalue weighted by Gasteiger charge is 2.22. The number of pyridine rings is 1. The van der Waals surface area contributed by atoms with Gasteiger partial charge in [0, 0.05) is 6.07 Å². The summed E-state index contributed by atoms with van der Waals surface area (Å²) in [4.78, 5) is 5.30. The van der Waals surface area contributed by atoms with Crippen LogP contribution in [0.1, 0.15) is 11.1 Å². The van der Waals surface area contributed by atoms with E-state index in [-0.39, 0.29) is 0 Å². The van der Waals surface area contributed by atoms with Crippen LogP contribution in [-0.4, -0.2) is 14.6 Å². The third-order valence-corrected chi connectivity index (χ3v) is 6.15. The second-order valence-corrected chi connectivity index (χ2v) is 7.42. The van der Waals surface area contributed by atoms with Gasteiger partial charge in [0.25, 0.3) is 0 Å². The summed E-state index contributed by atoms with van der Waals surface area (Å²) in [5.74, 6) is 0. The lowest BCUT2D eigenvalue weighted by Gasteiger charge is -2.11. The fourth-order valence-corrected chi connectivity index (χ4v) is 4.75. The molecule has 5 aromatic rings. The molecule has 0 N–H and O–H groups in total. The van der Waals surface area contributed by atoms with Crippen LogP contribution in [0.25, 0.3) is 37.2 Å². The minimum atomic E-state index is 0.928. The molecule has 3 aromatic heterocycles. The molecule has 0 aliphatic carbocycles. The number of thiazole rings is 1. The molecule has 0 unspecified atom stereocenters. The summed E-state index contributed by atoms with van der Waals surface area (Å²) in [7, 11) is 2.11. The Morgan fingerprint density at radius 1 is 1.08 bits per heavy atom. The van der Waals surface area contributed by atoms with E-state index >= 15 is 0 Å². The van der Waals surface area contributed by atoms with Crippen LogP contribution in [0.5, 0.6) is 0 Å². The zero-order valence-electron chi connectivity index (χ0n) is 14.3. The van der Waals surface area contributed by atoms with E-state index < -0.39 is 0 Å². The maximum Gasteiger partial charge on any atom is 0.232 e. The van der Waals surface area contributed by atoms with E-state index in [2.05, 4.69) is 78.1 Å². The van der Waals surface area contributed by atoms with Gasteiger partial charge in [0.2, 0.25) is 10.7 Å². The Morgan fingerprint density at radius 2 is 1.92 bits per heavy atom. The van der Waals surface area contributed by atoms with E-state index in [1.54, 1.807) is 17.7 Å². The van der Waals surface area contributed by atoms with Crippen LogP contribution in [0.2, 0.25) is 0 Å². The first-order valence-electron chi connectivity index (χ1n) is 8.25. The van der Waals surface area contributed by atoms with Crippen molar-refractivity contribution in [2.45, 2.75) is 13.8 Å². The number of hydrogen-bond acceptors (Lipinski definition) is 3. The van der Waals surface area contributed by atoms with E-state index in [1.165, 1.54) is 37.9 Å². The monoisotopic (exact) mass is 345 g/mol. The van der Waals surface area contributed by atoms with E-state index in [1.807, 2.05) is 4.52 Å². The molecule has 122 valence electrons. The van der Waals surface area contributed by atoms with Gasteiger partial charge in [0.1, 0.15) is 18.1 Å². The van der Waals surface area contributed by atoms with Crippen molar-refractivity contribution in [1.29, 1.82) is 0 Å². The molecule has 0 saturated carbocycles. The third-order valence-electron chi connectivity index (χ3n) is 5.08. The molecular formula is C20H17N4S+. The number of aryl methyl sites for hydroxylation is 2. The molecule has 0 aliphatic rings. The van der Waals surface area contributed by atoms with Gasteiger partial charge in [-0.1, -0.05) is 35.6 Å². The molecule has 0 amide bonds. The quantitative estimate of drug-likeness (QED) is 0.427. The molecule has 0 fully saturated rings. The van der Waals surface area contributed by atoms with Crippen LogP contribution in [0, 0.1) is 13.8 Å². The predicted octanol–water partition coefficient (Wildman–Crippen LogP) is 4.21. The minimum Gasteiger partial charge on any atom is -0.206 e. The maximum absolute atomic E-state index is 4.37. The summed E-state index contributed by atoms with van der Waals surface area (Å²) in [5, 5.41) is 6.96. The molecule has 5 rings (SSSR count). The van der Waals surface area contributed by atoms with Gasteiger partial charge < -0.3 is 0 Å². The average molecular weight is 345 g/mol. The fraction of sp³-hybridized carbons (Fsp3) is 0.150.